The number of benzene rings is 2. The third kappa shape index (κ3) is 3.18. The van der Waals surface area contributed by atoms with Crippen molar-refractivity contribution in [1.82, 2.24) is 5.32 Å². The first kappa shape index (κ1) is 12.8. The summed E-state index contributed by atoms with van der Waals surface area (Å²) in [5.41, 5.74) is 1.02. The van der Waals surface area contributed by atoms with Gasteiger partial charge in [0.25, 0.3) is 0 Å². The molecule has 0 aliphatic rings. The third-order valence-electron chi connectivity index (χ3n) is 2.63. The lowest BCUT2D eigenvalue weighted by atomic mass is 10.1. The fraction of sp³-hybridized carbons (Fsp3) is 0.214. The van der Waals surface area contributed by atoms with E-state index in [4.69, 9.17) is 17.0 Å². The lowest BCUT2D eigenvalue weighted by molar-refractivity contribution is 0.204. The van der Waals surface area contributed by atoms with Gasteiger partial charge in [0.05, 0.1) is 6.61 Å². The van der Waals surface area contributed by atoms with Crippen LogP contribution >= 0.6 is 12.2 Å². The maximum Gasteiger partial charge on any atom is 0.170 e. The first-order chi connectivity index (χ1) is 8.81. The van der Waals surface area contributed by atoms with Crippen LogP contribution in [0, 0.1) is 0 Å². The monoisotopic (exact) mass is 260 g/mol. The van der Waals surface area contributed by atoms with Crippen molar-refractivity contribution in [3.8, 4) is 0 Å². The molecule has 2 N–H and O–H groups in total. The van der Waals surface area contributed by atoms with Gasteiger partial charge in [0.15, 0.2) is 5.11 Å². The normalized spacial score (nSPS) is 10.3. The van der Waals surface area contributed by atoms with E-state index in [1.165, 1.54) is 5.39 Å². The van der Waals surface area contributed by atoms with E-state index in [0.717, 1.165) is 11.1 Å². The van der Waals surface area contributed by atoms with Crippen LogP contribution in [-0.4, -0.2) is 25.4 Å². The smallest absolute Gasteiger partial charge is 0.170 e. The molecule has 0 aliphatic heterocycles. The Labute approximate surface area is 112 Å². The van der Waals surface area contributed by atoms with E-state index >= 15 is 0 Å². The first-order valence-corrected chi connectivity index (χ1v) is 6.23. The van der Waals surface area contributed by atoms with Crippen LogP contribution in [0.3, 0.4) is 0 Å². The van der Waals surface area contributed by atoms with E-state index in [-0.39, 0.29) is 0 Å². The molecule has 3 nitrogen and oxygen atoms in total. The van der Waals surface area contributed by atoms with Crippen molar-refractivity contribution < 1.29 is 4.74 Å². The van der Waals surface area contributed by atoms with Crippen molar-refractivity contribution in [3.05, 3.63) is 42.5 Å². The lowest BCUT2D eigenvalue weighted by Gasteiger charge is -2.12. The molecule has 2 aromatic carbocycles. The molecule has 0 saturated carbocycles. The molecule has 0 unspecified atom stereocenters. The van der Waals surface area contributed by atoms with E-state index in [2.05, 4.69) is 28.8 Å². The second-order valence-corrected chi connectivity index (χ2v) is 4.31. The van der Waals surface area contributed by atoms with Crippen molar-refractivity contribution in [2.45, 2.75) is 0 Å². The predicted molar refractivity (Wildman–Crippen MR) is 80.0 cm³/mol. The van der Waals surface area contributed by atoms with Gasteiger partial charge in [0.1, 0.15) is 0 Å². The first-order valence-electron chi connectivity index (χ1n) is 5.83. The van der Waals surface area contributed by atoms with E-state index in [1.807, 2.05) is 24.3 Å². The quantitative estimate of drug-likeness (QED) is 0.654. The predicted octanol–water partition coefficient (Wildman–Crippen LogP) is 2.77. The molecule has 0 radical (unpaired) electrons. The summed E-state index contributed by atoms with van der Waals surface area (Å²) in [4.78, 5) is 0. The molecule has 0 atom stereocenters. The fourth-order valence-corrected chi connectivity index (χ4v) is 1.98. The molecule has 0 aliphatic carbocycles. The summed E-state index contributed by atoms with van der Waals surface area (Å²) in [5.74, 6) is 0. The van der Waals surface area contributed by atoms with Gasteiger partial charge in [-0.15, -0.1) is 0 Å². The van der Waals surface area contributed by atoms with Crippen LogP contribution in [0.5, 0.6) is 0 Å². The summed E-state index contributed by atoms with van der Waals surface area (Å²) in [6.45, 7) is 1.34. The summed E-state index contributed by atoms with van der Waals surface area (Å²) in [7, 11) is 1.67. The van der Waals surface area contributed by atoms with Gasteiger partial charge in [-0.3, -0.25) is 0 Å². The van der Waals surface area contributed by atoms with E-state index in [1.54, 1.807) is 7.11 Å². The number of nitrogens with one attached hydrogen (secondary N) is 2. The van der Waals surface area contributed by atoms with Crippen molar-refractivity contribution in [1.29, 1.82) is 0 Å². The van der Waals surface area contributed by atoms with Gasteiger partial charge in [-0.2, -0.15) is 0 Å². The summed E-state index contributed by atoms with van der Waals surface area (Å²) in [6, 6.07) is 14.3. The highest BCUT2D eigenvalue weighted by atomic mass is 32.1. The Hall–Kier alpha value is -1.65. The molecule has 2 rings (SSSR count). The topological polar surface area (TPSA) is 33.3 Å². The summed E-state index contributed by atoms with van der Waals surface area (Å²) in [5, 5.41) is 9.27. The molecule has 0 saturated heterocycles. The minimum absolute atomic E-state index is 0.614. The number of anilines is 1. The molecule has 4 heteroatoms. The fourth-order valence-electron chi connectivity index (χ4n) is 1.77. The minimum atomic E-state index is 0.614. The zero-order valence-corrected chi connectivity index (χ0v) is 11.1. The van der Waals surface area contributed by atoms with Crippen LogP contribution in [0.25, 0.3) is 10.8 Å². The highest BCUT2D eigenvalue weighted by molar-refractivity contribution is 7.80. The number of fused-ring (bicyclic) bond motifs is 1. The maximum absolute atomic E-state index is 5.23. The molecule has 18 heavy (non-hydrogen) atoms. The van der Waals surface area contributed by atoms with Gasteiger partial charge in [0, 0.05) is 24.7 Å². The maximum atomic E-state index is 5.23. The van der Waals surface area contributed by atoms with Crippen LogP contribution in [-0.2, 0) is 4.74 Å². The third-order valence-corrected chi connectivity index (χ3v) is 2.88. The minimum Gasteiger partial charge on any atom is -0.383 e. The summed E-state index contributed by atoms with van der Waals surface area (Å²) < 4.78 is 4.96. The molecule has 94 valence electrons. The highest BCUT2D eigenvalue weighted by Gasteiger charge is 2.01. The molecular weight excluding hydrogens is 244 g/mol. The molecule has 0 amide bonds. The number of methoxy groups -OCH3 is 1. The average molecular weight is 260 g/mol. The lowest BCUT2D eigenvalue weighted by Crippen LogP contribution is -2.31. The Morgan fingerprint density at radius 1 is 1.17 bits per heavy atom. The van der Waals surface area contributed by atoms with Gasteiger partial charge in [-0.25, -0.2) is 0 Å². The van der Waals surface area contributed by atoms with Crippen LogP contribution in [0.4, 0.5) is 5.69 Å². The van der Waals surface area contributed by atoms with Crippen molar-refractivity contribution in [2.75, 3.05) is 25.6 Å². The number of ether oxygens (including phenoxy) is 1. The van der Waals surface area contributed by atoms with Gasteiger partial charge < -0.3 is 15.4 Å². The zero-order chi connectivity index (χ0) is 12.8. The molecule has 0 spiro atoms. The van der Waals surface area contributed by atoms with E-state index < -0.39 is 0 Å². The Bertz CT molecular complexity index is 537. The van der Waals surface area contributed by atoms with Gasteiger partial charge in [0.2, 0.25) is 0 Å². The van der Waals surface area contributed by atoms with Crippen molar-refractivity contribution >= 4 is 33.8 Å². The van der Waals surface area contributed by atoms with Gasteiger partial charge >= 0.3 is 0 Å². The van der Waals surface area contributed by atoms with E-state index in [9.17, 15) is 0 Å². The van der Waals surface area contributed by atoms with Crippen LogP contribution < -0.4 is 10.6 Å². The zero-order valence-electron chi connectivity index (χ0n) is 10.3. The molecule has 0 heterocycles. The van der Waals surface area contributed by atoms with Crippen molar-refractivity contribution in [3.63, 3.8) is 0 Å². The van der Waals surface area contributed by atoms with Gasteiger partial charge in [-0.1, -0.05) is 36.4 Å². The number of hydrogen-bond acceptors (Lipinski definition) is 2. The van der Waals surface area contributed by atoms with E-state index in [0.29, 0.717) is 18.3 Å². The summed E-state index contributed by atoms with van der Waals surface area (Å²) in [6.07, 6.45) is 0. The largest absolute Gasteiger partial charge is 0.383 e. The van der Waals surface area contributed by atoms with Crippen LogP contribution in [0.15, 0.2) is 42.5 Å². The molecule has 0 bridgehead atoms. The van der Waals surface area contributed by atoms with Gasteiger partial charge in [-0.05, 0) is 23.7 Å². The van der Waals surface area contributed by atoms with Crippen LogP contribution in [0.1, 0.15) is 0 Å². The Balaban J connectivity index is 2.09. The average Bonchev–Trinajstić information content (AvgIpc) is 2.39. The second kappa shape index (κ2) is 6.33. The molecule has 0 fully saturated rings. The standard InChI is InChI=1S/C14H16N2OS/c1-17-10-9-15-14(18)16-13-8-4-6-11-5-2-3-7-12(11)13/h2-8H,9-10H2,1H3,(H2,15,16,18). The summed E-state index contributed by atoms with van der Waals surface area (Å²) >= 11 is 5.23. The Morgan fingerprint density at radius 3 is 2.78 bits per heavy atom. The second-order valence-electron chi connectivity index (χ2n) is 3.90. The highest BCUT2D eigenvalue weighted by Crippen LogP contribution is 2.22. The molecular formula is C14H16N2OS. The molecule has 2 aromatic rings. The number of rotatable bonds is 4. The van der Waals surface area contributed by atoms with Crippen molar-refractivity contribution in [2.24, 2.45) is 0 Å². The van der Waals surface area contributed by atoms with Crippen LogP contribution in [0.2, 0.25) is 0 Å². The SMILES string of the molecule is COCCNC(=S)Nc1cccc2ccccc12. The Kier molecular flexibility index (Phi) is 4.50. The Morgan fingerprint density at radius 2 is 1.94 bits per heavy atom. The molecule has 0 aromatic heterocycles. The number of hydrogen-bond donors (Lipinski definition) is 2. The number of thiocarbonyl (C=S) groups is 1.